The van der Waals surface area contributed by atoms with Crippen molar-refractivity contribution in [2.75, 3.05) is 12.4 Å². The van der Waals surface area contributed by atoms with E-state index in [0.717, 1.165) is 36.2 Å². The van der Waals surface area contributed by atoms with Crippen LogP contribution in [0.25, 0.3) is 0 Å². The average Bonchev–Trinajstić information content (AvgIpc) is 3.09. The largest absolute Gasteiger partial charge is 0.481 e. The van der Waals surface area contributed by atoms with Crippen LogP contribution in [0.5, 0.6) is 5.88 Å². The third kappa shape index (κ3) is 3.79. The van der Waals surface area contributed by atoms with Gasteiger partial charge in [-0.3, -0.25) is 15.4 Å². The molecule has 1 aliphatic carbocycles. The van der Waals surface area contributed by atoms with E-state index in [4.69, 9.17) is 4.74 Å². The van der Waals surface area contributed by atoms with Gasteiger partial charge in [0.2, 0.25) is 11.8 Å². The van der Waals surface area contributed by atoms with Gasteiger partial charge in [0.25, 0.3) is 15.7 Å². The van der Waals surface area contributed by atoms with Crippen molar-refractivity contribution in [3.8, 4) is 5.88 Å². The Balaban J connectivity index is 1.81. The molecule has 1 heterocycles. The van der Waals surface area contributed by atoms with Crippen LogP contribution < -0.4 is 14.8 Å². The number of rotatable bonds is 5. The number of carbonyl (C=O) groups is 1. The fourth-order valence-electron chi connectivity index (χ4n) is 2.76. The lowest BCUT2D eigenvalue weighted by molar-refractivity contribution is -0.387. The minimum absolute atomic E-state index is 0.122. The van der Waals surface area contributed by atoms with Gasteiger partial charge in [0, 0.05) is 11.6 Å². The van der Waals surface area contributed by atoms with Gasteiger partial charge in [-0.1, -0.05) is 12.1 Å². The second-order valence-corrected chi connectivity index (χ2v) is 7.27. The molecule has 27 heavy (non-hydrogen) atoms. The van der Waals surface area contributed by atoms with E-state index >= 15 is 0 Å². The molecule has 0 unspecified atom stereocenters. The van der Waals surface area contributed by atoms with Gasteiger partial charge in [0.1, 0.15) is 0 Å². The summed E-state index contributed by atoms with van der Waals surface area (Å²) in [6.45, 7) is 0. The fraction of sp³-hybridized carbons (Fsp3) is 0.267. The monoisotopic (exact) mass is 393 g/mol. The van der Waals surface area contributed by atoms with Crippen LogP contribution >= 0.6 is 0 Å². The number of sulfonamides is 1. The van der Waals surface area contributed by atoms with Gasteiger partial charge in [-0.25, -0.2) is 22.9 Å². The minimum Gasteiger partial charge on any atom is -0.481 e. The Labute approximate surface area is 154 Å². The van der Waals surface area contributed by atoms with Crippen LogP contribution in [0.15, 0.2) is 29.2 Å². The molecular weight excluding hydrogens is 378 g/mol. The van der Waals surface area contributed by atoms with E-state index in [1.807, 2.05) is 0 Å². The number of para-hydroxylation sites is 1. The first-order valence-electron chi connectivity index (χ1n) is 7.83. The van der Waals surface area contributed by atoms with E-state index in [2.05, 4.69) is 15.3 Å². The van der Waals surface area contributed by atoms with Gasteiger partial charge in [0.15, 0.2) is 4.90 Å². The number of fused-ring (bicyclic) bond motifs is 1. The van der Waals surface area contributed by atoms with E-state index in [1.54, 1.807) is 4.72 Å². The molecular formula is C15H15N5O6S. The maximum Gasteiger partial charge on any atom is 0.335 e. The van der Waals surface area contributed by atoms with E-state index in [0.29, 0.717) is 12.3 Å². The molecule has 0 bridgehead atoms. The first-order chi connectivity index (χ1) is 12.8. The molecule has 1 aliphatic rings. The Morgan fingerprint density at radius 1 is 1.26 bits per heavy atom. The predicted octanol–water partition coefficient (Wildman–Crippen LogP) is 1.39. The Kier molecular flexibility index (Phi) is 4.90. The standard InChI is InChI=1S/C15H15N5O6S/c1-26-13-9-5-4-6-10(9)16-14(17-13)18-15(21)19-27(24,25)12-8-3-2-7-11(12)20(22)23/h2-3,7-8H,4-6H2,1H3,(H2,16,17,18,19,21). The highest BCUT2D eigenvalue weighted by atomic mass is 32.2. The number of hydrogen-bond donors (Lipinski definition) is 2. The molecule has 12 heteroatoms. The molecule has 11 nitrogen and oxygen atoms in total. The molecule has 1 aromatic carbocycles. The molecule has 142 valence electrons. The second kappa shape index (κ2) is 7.15. The topological polar surface area (TPSA) is 153 Å². The molecule has 0 saturated carbocycles. The van der Waals surface area contributed by atoms with Crippen LogP contribution in [0.1, 0.15) is 17.7 Å². The van der Waals surface area contributed by atoms with Crippen molar-refractivity contribution >= 4 is 27.7 Å². The molecule has 3 rings (SSSR count). The summed E-state index contributed by atoms with van der Waals surface area (Å²) in [5, 5.41) is 13.2. The third-order valence-electron chi connectivity index (χ3n) is 3.89. The molecule has 0 fully saturated rings. The van der Waals surface area contributed by atoms with Gasteiger partial charge in [0.05, 0.1) is 17.7 Å². The predicted molar refractivity (Wildman–Crippen MR) is 93.0 cm³/mol. The first kappa shape index (κ1) is 18.5. The molecule has 2 amide bonds. The Hall–Kier alpha value is -3.28. The molecule has 0 radical (unpaired) electrons. The van der Waals surface area contributed by atoms with Gasteiger partial charge < -0.3 is 4.74 Å². The SMILES string of the molecule is COc1nc(NC(=O)NS(=O)(=O)c2ccccc2[N+](=O)[O-])nc2c1CCC2. The fourth-order valence-corrected chi connectivity index (χ4v) is 3.84. The average molecular weight is 393 g/mol. The number of aryl methyl sites for hydroxylation is 1. The number of nitro groups is 1. The number of carbonyl (C=O) groups excluding carboxylic acids is 1. The maximum absolute atomic E-state index is 12.3. The number of nitro benzene ring substituents is 1. The van der Waals surface area contributed by atoms with Crippen molar-refractivity contribution in [3.63, 3.8) is 0 Å². The summed E-state index contributed by atoms with van der Waals surface area (Å²) in [6.07, 6.45) is 2.33. The zero-order valence-electron chi connectivity index (χ0n) is 14.1. The highest BCUT2D eigenvalue weighted by Crippen LogP contribution is 2.28. The third-order valence-corrected chi connectivity index (χ3v) is 5.27. The van der Waals surface area contributed by atoms with E-state index < -0.39 is 31.6 Å². The van der Waals surface area contributed by atoms with E-state index in [9.17, 15) is 23.3 Å². The van der Waals surface area contributed by atoms with Crippen LogP contribution in [-0.4, -0.2) is 36.4 Å². The lowest BCUT2D eigenvalue weighted by atomic mass is 10.2. The van der Waals surface area contributed by atoms with Crippen molar-refractivity contribution in [2.45, 2.75) is 24.2 Å². The Morgan fingerprint density at radius 2 is 2.00 bits per heavy atom. The Morgan fingerprint density at radius 3 is 2.70 bits per heavy atom. The lowest BCUT2D eigenvalue weighted by Gasteiger charge is -2.11. The second-order valence-electron chi connectivity index (χ2n) is 5.62. The van der Waals surface area contributed by atoms with Gasteiger partial charge in [-0.15, -0.1) is 0 Å². The molecule has 0 atom stereocenters. The number of benzene rings is 1. The first-order valence-corrected chi connectivity index (χ1v) is 9.31. The number of ether oxygens (including phenoxy) is 1. The van der Waals surface area contributed by atoms with Crippen LogP contribution in [0.4, 0.5) is 16.4 Å². The van der Waals surface area contributed by atoms with Gasteiger partial charge >= 0.3 is 6.03 Å². The van der Waals surface area contributed by atoms with Crippen LogP contribution in [0.3, 0.4) is 0 Å². The summed E-state index contributed by atoms with van der Waals surface area (Å²) in [5.74, 6) is 0.192. The van der Waals surface area contributed by atoms with Crippen molar-refractivity contribution in [1.82, 2.24) is 14.7 Å². The maximum atomic E-state index is 12.3. The lowest BCUT2D eigenvalue weighted by Crippen LogP contribution is -2.35. The Bertz CT molecular complexity index is 1020. The van der Waals surface area contributed by atoms with Crippen molar-refractivity contribution in [2.24, 2.45) is 0 Å². The summed E-state index contributed by atoms with van der Waals surface area (Å²) < 4.78 is 31.5. The number of aromatic nitrogens is 2. The number of methoxy groups -OCH3 is 1. The van der Waals surface area contributed by atoms with Crippen molar-refractivity contribution in [3.05, 3.63) is 45.6 Å². The normalized spacial score (nSPS) is 12.9. The van der Waals surface area contributed by atoms with Crippen molar-refractivity contribution < 1.29 is 22.9 Å². The molecule has 0 aliphatic heterocycles. The number of anilines is 1. The summed E-state index contributed by atoms with van der Waals surface area (Å²) >= 11 is 0. The van der Waals surface area contributed by atoms with Crippen LogP contribution in [0.2, 0.25) is 0 Å². The molecule has 2 N–H and O–H groups in total. The van der Waals surface area contributed by atoms with E-state index in [1.165, 1.54) is 19.2 Å². The van der Waals surface area contributed by atoms with E-state index in [-0.39, 0.29) is 5.95 Å². The zero-order valence-corrected chi connectivity index (χ0v) is 14.9. The number of amides is 2. The number of urea groups is 1. The van der Waals surface area contributed by atoms with Gasteiger partial charge in [-0.2, -0.15) is 4.98 Å². The smallest absolute Gasteiger partial charge is 0.335 e. The summed E-state index contributed by atoms with van der Waals surface area (Å²) in [6, 6.07) is 3.55. The van der Waals surface area contributed by atoms with Crippen LogP contribution in [0, 0.1) is 10.1 Å². The number of nitrogens with zero attached hydrogens (tertiary/aromatic N) is 3. The van der Waals surface area contributed by atoms with Gasteiger partial charge in [-0.05, 0) is 25.3 Å². The highest BCUT2D eigenvalue weighted by molar-refractivity contribution is 7.90. The molecule has 2 aromatic rings. The zero-order chi connectivity index (χ0) is 19.6. The molecule has 0 saturated heterocycles. The molecule has 0 spiro atoms. The van der Waals surface area contributed by atoms with Crippen LogP contribution in [-0.2, 0) is 22.9 Å². The quantitative estimate of drug-likeness (QED) is 0.571. The van der Waals surface area contributed by atoms with Crippen molar-refractivity contribution in [1.29, 1.82) is 0 Å². The number of hydrogen-bond acceptors (Lipinski definition) is 8. The molecule has 1 aromatic heterocycles. The summed E-state index contributed by atoms with van der Waals surface area (Å²) in [4.78, 5) is 29.8. The summed E-state index contributed by atoms with van der Waals surface area (Å²) in [5.41, 5.74) is 0.933. The number of nitrogens with one attached hydrogen (secondary N) is 2. The minimum atomic E-state index is -4.47. The summed E-state index contributed by atoms with van der Waals surface area (Å²) in [7, 11) is -3.04. The highest BCUT2D eigenvalue weighted by Gasteiger charge is 2.27.